The fourth-order valence-corrected chi connectivity index (χ4v) is 2.69. The van der Waals surface area contributed by atoms with Gasteiger partial charge in [-0.05, 0) is 30.2 Å². The number of nitrogens with one attached hydrogen (secondary N) is 1. The molecule has 1 fully saturated rings. The molecule has 0 saturated carbocycles. The van der Waals surface area contributed by atoms with Crippen molar-refractivity contribution in [2.45, 2.75) is 13.0 Å². The smallest absolute Gasteiger partial charge is 0.263 e. The highest BCUT2D eigenvalue weighted by Gasteiger charge is 2.26. The van der Waals surface area contributed by atoms with Crippen LogP contribution in [0.5, 0.6) is 5.75 Å². The van der Waals surface area contributed by atoms with Gasteiger partial charge in [-0.3, -0.25) is 9.59 Å². The second-order valence-electron chi connectivity index (χ2n) is 5.76. The molecule has 2 aromatic rings. The minimum absolute atomic E-state index is 0.0967. The van der Waals surface area contributed by atoms with Crippen LogP contribution in [-0.2, 0) is 9.59 Å². The quantitative estimate of drug-likeness (QED) is 0.937. The van der Waals surface area contributed by atoms with E-state index < -0.39 is 6.10 Å². The molecule has 0 bridgehead atoms. The van der Waals surface area contributed by atoms with Crippen molar-refractivity contribution in [3.05, 3.63) is 54.6 Å². The van der Waals surface area contributed by atoms with Crippen molar-refractivity contribution in [2.75, 3.05) is 19.6 Å². The molecule has 1 aliphatic heterocycles. The molecular weight excluding hydrogens is 304 g/mol. The number of hydrogen-bond acceptors (Lipinski definition) is 3. The molecule has 5 heteroatoms. The molecule has 2 aromatic carbocycles. The lowest BCUT2D eigenvalue weighted by molar-refractivity contribution is -0.143. The number of benzene rings is 2. The lowest BCUT2D eigenvalue weighted by Crippen LogP contribution is -2.53. The number of nitrogens with zero attached hydrogens (tertiary/aromatic N) is 1. The van der Waals surface area contributed by atoms with Gasteiger partial charge in [0.1, 0.15) is 5.75 Å². The van der Waals surface area contributed by atoms with Crippen molar-refractivity contribution in [3.63, 3.8) is 0 Å². The third kappa shape index (κ3) is 3.74. The minimum atomic E-state index is -0.626. The highest BCUT2D eigenvalue weighted by molar-refractivity contribution is 5.88. The van der Waals surface area contributed by atoms with E-state index in [4.69, 9.17) is 4.74 Å². The molecule has 3 rings (SSSR count). The summed E-state index contributed by atoms with van der Waals surface area (Å²) < 4.78 is 5.73. The largest absolute Gasteiger partial charge is 0.481 e. The van der Waals surface area contributed by atoms with E-state index >= 15 is 0 Å². The van der Waals surface area contributed by atoms with Crippen LogP contribution in [0.4, 0.5) is 0 Å². The van der Waals surface area contributed by atoms with Crippen LogP contribution in [0.25, 0.3) is 11.1 Å². The summed E-state index contributed by atoms with van der Waals surface area (Å²) in [5.74, 6) is 0.336. The SMILES string of the molecule is C[C@@H](Oc1ccc(-c2ccccc2)cc1)C(=O)N1CCNC(=O)C1. The van der Waals surface area contributed by atoms with Crippen LogP contribution in [0.15, 0.2) is 54.6 Å². The fourth-order valence-electron chi connectivity index (χ4n) is 2.69. The third-order valence-electron chi connectivity index (χ3n) is 3.97. The van der Waals surface area contributed by atoms with Crippen LogP contribution in [0, 0.1) is 0 Å². The van der Waals surface area contributed by atoms with Crippen molar-refractivity contribution in [3.8, 4) is 16.9 Å². The van der Waals surface area contributed by atoms with Gasteiger partial charge in [0.05, 0.1) is 6.54 Å². The topological polar surface area (TPSA) is 58.6 Å². The molecule has 124 valence electrons. The van der Waals surface area contributed by atoms with Crippen molar-refractivity contribution >= 4 is 11.8 Å². The van der Waals surface area contributed by atoms with E-state index in [0.717, 1.165) is 11.1 Å². The summed E-state index contributed by atoms with van der Waals surface area (Å²) in [5.41, 5.74) is 2.22. The van der Waals surface area contributed by atoms with Crippen LogP contribution in [0.1, 0.15) is 6.92 Å². The number of carbonyl (C=O) groups excluding carboxylic acids is 2. The molecule has 1 aliphatic rings. The Kier molecular flexibility index (Phi) is 4.79. The molecule has 0 unspecified atom stereocenters. The highest BCUT2D eigenvalue weighted by Crippen LogP contribution is 2.22. The van der Waals surface area contributed by atoms with Gasteiger partial charge in [-0.25, -0.2) is 0 Å². The fraction of sp³-hybridized carbons (Fsp3) is 0.263. The standard InChI is InChI=1S/C19H20N2O3/c1-14(19(23)21-12-11-20-18(22)13-21)24-17-9-7-16(8-10-17)15-5-3-2-4-6-15/h2-10,14H,11-13H2,1H3,(H,20,22)/t14-/m1/s1. The van der Waals surface area contributed by atoms with E-state index in [1.165, 1.54) is 4.90 Å². The van der Waals surface area contributed by atoms with Gasteiger partial charge in [-0.15, -0.1) is 0 Å². The number of ether oxygens (including phenoxy) is 1. The zero-order valence-electron chi connectivity index (χ0n) is 13.6. The number of amides is 2. The van der Waals surface area contributed by atoms with Crippen LogP contribution in [0.2, 0.25) is 0 Å². The molecule has 1 saturated heterocycles. The van der Waals surface area contributed by atoms with Gasteiger partial charge in [0.2, 0.25) is 5.91 Å². The Labute approximate surface area is 141 Å². The Balaban J connectivity index is 1.63. The van der Waals surface area contributed by atoms with E-state index in [9.17, 15) is 9.59 Å². The summed E-state index contributed by atoms with van der Waals surface area (Å²) in [4.78, 5) is 25.3. The molecule has 1 atom stereocenters. The molecule has 0 spiro atoms. The van der Waals surface area contributed by atoms with Crippen LogP contribution in [0.3, 0.4) is 0 Å². The number of piperazine rings is 1. The predicted molar refractivity (Wildman–Crippen MR) is 91.6 cm³/mol. The Morgan fingerprint density at radius 3 is 2.42 bits per heavy atom. The Morgan fingerprint density at radius 1 is 1.08 bits per heavy atom. The first-order valence-corrected chi connectivity index (χ1v) is 8.01. The van der Waals surface area contributed by atoms with E-state index in [2.05, 4.69) is 5.32 Å². The Morgan fingerprint density at radius 2 is 1.75 bits per heavy atom. The lowest BCUT2D eigenvalue weighted by Gasteiger charge is -2.29. The van der Waals surface area contributed by atoms with Gasteiger partial charge in [-0.2, -0.15) is 0 Å². The zero-order chi connectivity index (χ0) is 16.9. The number of rotatable bonds is 4. The molecule has 0 aliphatic carbocycles. The summed E-state index contributed by atoms with van der Waals surface area (Å²) in [6.07, 6.45) is -0.626. The van der Waals surface area contributed by atoms with Crippen LogP contribution in [-0.4, -0.2) is 42.5 Å². The van der Waals surface area contributed by atoms with Crippen molar-refractivity contribution in [2.24, 2.45) is 0 Å². The van der Waals surface area contributed by atoms with Gasteiger partial charge in [0.15, 0.2) is 6.10 Å². The average Bonchev–Trinajstić information content (AvgIpc) is 2.62. The lowest BCUT2D eigenvalue weighted by atomic mass is 10.1. The van der Waals surface area contributed by atoms with Gasteiger partial charge in [0.25, 0.3) is 5.91 Å². The second-order valence-corrected chi connectivity index (χ2v) is 5.76. The molecule has 24 heavy (non-hydrogen) atoms. The first-order chi connectivity index (χ1) is 11.6. The molecule has 0 radical (unpaired) electrons. The summed E-state index contributed by atoms with van der Waals surface area (Å²) in [7, 11) is 0. The third-order valence-corrected chi connectivity index (χ3v) is 3.97. The van der Waals surface area contributed by atoms with Crippen molar-refractivity contribution in [1.82, 2.24) is 10.2 Å². The maximum Gasteiger partial charge on any atom is 0.263 e. The van der Waals surface area contributed by atoms with Gasteiger partial charge >= 0.3 is 0 Å². The predicted octanol–water partition coefficient (Wildman–Crippen LogP) is 2.08. The van der Waals surface area contributed by atoms with E-state index in [-0.39, 0.29) is 18.4 Å². The number of hydrogen-bond donors (Lipinski definition) is 1. The van der Waals surface area contributed by atoms with Gasteiger partial charge in [-0.1, -0.05) is 42.5 Å². The first-order valence-electron chi connectivity index (χ1n) is 8.01. The maximum atomic E-state index is 12.4. The second kappa shape index (κ2) is 7.17. The molecule has 2 amide bonds. The summed E-state index contributed by atoms with van der Waals surface area (Å²) in [5, 5.41) is 2.70. The zero-order valence-corrected chi connectivity index (χ0v) is 13.6. The minimum Gasteiger partial charge on any atom is -0.481 e. The summed E-state index contributed by atoms with van der Waals surface area (Å²) in [6.45, 7) is 2.81. The Bertz CT molecular complexity index is 713. The summed E-state index contributed by atoms with van der Waals surface area (Å²) >= 11 is 0. The summed E-state index contributed by atoms with van der Waals surface area (Å²) in [6, 6.07) is 17.7. The number of carbonyl (C=O) groups is 2. The van der Waals surface area contributed by atoms with Crippen molar-refractivity contribution < 1.29 is 14.3 Å². The molecular formula is C19H20N2O3. The highest BCUT2D eigenvalue weighted by atomic mass is 16.5. The van der Waals surface area contributed by atoms with Gasteiger partial charge < -0.3 is 15.0 Å². The van der Waals surface area contributed by atoms with Gasteiger partial charge in [0, 0.05) is 13.1 Å². The average molecular weight is 324 g/mol. The van der Waals surface area contributed by atoms with Crippen LogP contribution >= 0.6 is 0 Å². The Hall–Kier alpha value is -2.82. The van der Waals surface area contributed by atoms with E-state index in [0.29, 0.717) is 18.8 Å². The molecule has 1 N–H and O–H groups in total. The monoisotopic (exact) mass is 324 g/mol. The van der Waals surface area contributed by atoms with E-state index in [1.807, 2.05) is 54.6 Å². The maximum absolute atomic E-state index is 12.4. The normalized spacial score (nSPS) is 15.5. The van der Waals surface area contributed by atoms with E-state index in [1.54, 1.807) is 6.92 Å². The van der Waals surface area contributed by atoms with Crippen LogP contribution < -0.4 is 10.1 Å². The molecule has 5 nitrogen and oxygen atoms in total. The first kappa shape index (κ1) is 16.1. The molecule has 0 aromatic heterocycles. The molecule has 1 heterocycles. The van der Waals surface area contributed by atoms with Crippen molar-refractivity contribution in [1.29, 1.82) is 0 Å².